The summed E-state index contributed by atoms with van der Waals surface area (Å²) in [5, 5.41) is 22.7. The number of aliphatic carboxylic acids is 1. The summed E-state index contributed by atoms with van der Waals surface area (Å²) >= 11 is 0. The maximum absolute atomic E-state index is 13.2. The van der Waals surface area contributed by atoms with Crippen molar-refractivity contribution in [1.82, 2.24) is 25.6 Å². The Balaban J connectivity index is 1.88. The summed E-state index contributed by atoms with van der Waals surface area (Å²) in [5.41, 5.74) is 5.65. The van der Waals surface area contributed by atoms with Crippen LogP contribution in [0.25, 0.3) is 10.9 Å². The summed E-state index contributed by atoms with van der Waals surface area (Å²) in [6, 6.07) is 12.6. The largest absolute Gasteiger partial charge is 0.480 e. The van der Waals surface area contributed by atoms with Gasteiger partial charge in [-0.2, -0.15) is 4.68 Å². The molecule has 0 saturated carbocycles. The summed E-state index contributed by atoms with van der Waals surface area (Å²) < 4.78 is 0.984. The standard InChI is InChI=1S/C22H24N6O5/c23-22(33)24-12-6-11-17(21(31)32)25-19(29)18(13-14-7-2-1-3-8-14)28-20(30)15-9-4-5-10-16(15)26-27-28/h1-5,7-10,17-18H,6,11-13H2,(H,25,29)(H,31,32)(H3,23,24,33). The first-order valence-electron chi connectivity index (χ1n) is 10.3. The van der Waals surface area contributed by atoms with Crippen LogP contribution in [0.15, 0.2) is 59.4 Å². The van der Waals surface area contributed by atoms with Crippen LogP contribution in [-0.4, -0.2) is 50.6 Å². The second kappa shape index (κ2) is 10.8. The van der Waals surface area contributed by atoms with Crippen LogP contribution >= 0.6 is 0 Å². The molecular weight excluding hydrogens is 428 g/mol. The topological polar surface area (TPSA) is 169 Å². The van der Waals surface area contributed by atoms with Gasteiger partial charge < -0.3 is 21.5 Å². The lowest BCUT2D eigenvalue weighted by Gasteiger charge is -2.21. The van der Waals surface area contributed by atoms with Crippen LogP contribution in [0.4, 0.5) is 4.79 Å². The van der Waals surface area contributed by atoms with Crippen LogP contribution in [0.5, 0.6) is 0 Å². The first kappa shape index (κ1) is 23.4. The molecule has 0 saturated heterocycles. The number of aromatic nitrogens is 3. The molecule has 0 radical (unpaired) electrons. The Morgan fingerprint density at radius 1 is 1.06 bits per heavy atom. The molecule has 11 heteroatoms. The average molecular weight is 452 g/mol. The second-order valence-corrected chi connectivity index (χ2v) is 7.39. The number of carboxylic acid groups (broad SMARTS) is 1. The molecule has 0 spiro atoms. The summed E-state index contributed by atoms with van der Waals surface area (Å²) in [5.74, 6) is -1.92. The number of rotatable bonds is 10. The van der Waals surface area contributed by atoms with Crippen LogP contribution in [0, 0.1) is 0 Å². The summed E-state index contributed by atoms with van der Waals surface area (Å²) in [7, 11) is 0. The fourth-order valence-corrected chi connectivity index (χ4v) is 3.38. The lowest BCUT2D eigenvalue weighted by Crippen LogP contribution is -2.47. The molecule has 3 aromatic rings. The van der Waals surface area contributed by atoms with Gasteiger partial charge in [0.15, 0.2) is 0 Å². The minimum atomic E-state index is -1.24. The van der Waals surface area contributed by atoms with Gasteiger partial charge in [0.05, 0.1) is 5.39 Å². The monoisotopic (exact) mass is 452 g/mol. The van der Waals surface area contributed by atoms with Gasteiger partial charge in [-0.05, 0) is 30.5 Å². The fraction of sp³-hybridized carbons (Fsp3) is 0.273. The first-order chi connectivity index (χ1) is 15.9. The molecule has 0 bridgehead atoms. The minimum Gasteiger partial charge on any atom is -0.480 e. The van der Waals surface area contributed by atoms with Crippen LogP contribution in [0.3, 0.4) is 0 Å². The smallest absolute Gasteiger partial charge is 0.326 e. The number of nitrogens with zero attached hydrogens (tertiary/aromatic N) is 3. The Bertz CT molecular complexity index is 1200. The van der Waals surface area contributed by atoms with E-state index in [0.717, 1.165) is 10.2 Å². The zero-order valence-electron chi connectivity index (χ0n) is 17.7. The third-order valence-corrected chi connectivity index (χ3v) is 5.04. The minimum absolute atomic E-state index is 0.0533. The van der Waals surface area contributed by atoms with E-state index in [1.807, 2.05) is 6.07 Å². The quantitative estimate of drug-likeness (QED) is 0.326. The summed E-state index contributed by atoms with van der Waals surface area (Å²) in [6.07, 6.45) is 0.437. The number of hydrogen-bond acceptors (Lipinski definition) is 6. The lowest BCUT2D eigenvalue weighted by molar-refractivity contribution is -0.142. The first-order valence-corrected chi connectivity index (χ1v) is 10.3. The maximum atomic E-state index is 13.2. The fourth-order valence-electron chi connectivity index (χ4n) is 3.38. The predicted molar refractivity (Wildman–Crippen MR) is 119 cm³/mol. The number of fused-ring (bicyclic) bond motifs is 1. The van der Waals surface area contributed by atoms with Gasteiger partial charge in [0.2, 0.25) is 5.91 Å². The number of hydrogen-bond donors (Lipinski definition) is 4. The lowest BCUT2D eigenvalue weighted by atomic mass is 10.0. The van der Waals surface area contributed by atoms with Gasteiger partial charge in [-0.25, -0.2) is 9.59 Å². The van der Waals surface area contributed by atoms with Crippen LogP contribution in [-0.2, 0) is 16.0 Å². The number of nitrogens with one attached hydrogen (secondary N) is 2. The zero-order chi connectivity index (χ0) is 23.8. The van der Waals surface area contributed by atoms with E-state index in [1.165, 1.54) is 0 Å². The van der Waals surface area contributed by atoms with E-state index >= 15 is 0 Å². The van der Waals surface area contributed by atoms with E-state index in [4.69, 9.17) is 5.73 Å². The molecule has 172 valence electrons. The molecule has 3 amide bonds. The van der Waals surface area contributed by atoms with Gasteiger partial charge in [-0.1, -0.05) is 47.7 Å². The number of carboxylic acids is 1. The maximum Gasteiger partial charge on any atom is 0.326 e. The molecule has 2 atom stereocenters. The summed E-state index contributed by atoms with van der Waals surface area (Å²) in [6.45, 7) is 0.165. The van der Waals surface area contributed by atoms with E-state index < -0.39 is 35.6 Å². The normalized spacial score (nSPS) is 12.6. The Kier molecular flexibility index (Phi) is 7.68. The average Bonchev–Trinajstić information content (AvgIpc) is 2.80. The number of carbonyl (C=O) groups is 3. The van der Waals surface area contributed by atoms with E-state index in [9.17, 15) is 24.3 Å². The molecule has 33 heavy (non-hydrogen) atoms. The number of nitrogens with two attached hydrogens (primary N) is 1. The molecule has 1 aromatic heterocycles. The van der Waals surface area contributed by atoms with Crippen LogP contribution < -0.4 is 21.9 Å². The molecule has 0 aliphatic heterocycles. The van der Waals surface area contributed by atoms with Crippen molar-refractivity contribution in [1.29, 1.82) is 0 Å². The van der Waals surface area contributed by atoms with Crippen molar-refractivity contribution in [2.45, 2.75) is 31.3 Å². The van der Waals surface area contributed by atoms with E-state index in [2.05, 4.69) is 20.9 Å². The van der Waals surface area contributed by atoms with Crippen molar-refractivity contribution in [3.8, 4) is 0 Å². The highest BCUT2D eigenvalue weighted by atomic mass is 16.4. The van der Waals surface area contributed by atoms with Crippen molar-refractivity contribution in [2.24, 2.45) is 5.73 Å². The van der Waals surface area contributed by atoms with Crippen LogP contribution in [0.1, 0.15) is 24.4 Å². The van der Waals surface area contributed by atoms with E-state index in [1.54, 1.807) is 48.5 Å². The molecule has 11 nitrogen and oxygen atoms in total. The highest BCUT2D eigenvalue weighted by Gasteiger charge is 2.28. The molecule has 2 unspecified atom stereocenters. The molecule has 2 aromatic carbocycles. The Morgan fingerprint density at radius 3 is 2.45 bits per heavy atom. The van der Waals surface area contributed by atoms with Crippen molar-refractivity contribution in [3.63, 3.8) is 0 Å². The Labute approximate surface area is 188 Å². The van der Waals surface area contributed by atoms with Crippen molar-refractivity contribution in [3.05, 3.63) is 70.5 Å². The van der Waals surface area contributed by atoms with Gasteiger partial charge >= 0.3 is 12.0 Å². The number of amides is 3. The summed E-state index contributed by atoms with van der Waals surface area (Å²) in [4.78, 5) is 48.8. The van der Waals surface area contributed by atoms with E-state index in [0.29, 0.717) is 10.9 Å². The van der Waals surface area contributed by atoms with Gasteiger partial charge in [0.1, 0.15) is 17.6 Å². The Morgan fingerprint density at radius 2 is 1.76 bits per heavy atom. The number of benzene rings is 2. The third-order valence-electron chi connectivity index (χ3n) is 5.04. The van der Waals surface area contributed by atoms with Crippen LogP contribution in [0.2, 0.25) is 0 Å². The van der Waals surface area contributed by atoms with Gasteiger partial charge in [-0.15, -0.1) is 5.10 Å². The van der Waals surface area contributed by atoms with Gasteiger partial charge in [-0.3, -0.25) is 9.59 Å². The number of primary amides is 1. The van der Waals surface area contributed by atoms with Crippen molar-refractivity contribution in [2.75, 3.05) is 6.54 Å². The molecule has 0 aliphatic carbocycles. The SMILES string of the molecule is NC(=O)NCCCC(NC(=O)C(Cc1ccccc1)n1nnc2ccccc2c1=O)C(=O)O. The third kappa shape index (κ3) is 6.12. The van der Waals surface area contributed by atoms with Crippen molar-refractivity contribution < 1.29 is 19.5 Å². The number of urea groups is 1. The number of carbonyl (C=O) groups excluding carboxylic acids is 2. The second-order valence-electron chi connectivity index (χ2n) is 7.39. The predicted octanol–water partition coefficient (Wildman–Crippen LogP) is 0.593. The van der Waals surface area contributed by atoms with E-state index in [-0.39, 0.29) is 25.8 Å². The van der Waals surface area contributed by atoms with Gasteiger partial charge in [0.25, 0.3) is 5.56 Å². The highest BCUT2D eigenvalue weighted by Crippen LogP contribution is 2.15. The molecule has 5 N–H and O–H groups in total. The Hall–Kier alpha value is -4.28. The molecule has 1 heterocycles. The molecule has 3 rings (SSSR count). The molecule has 0 fully saturated rings. The van der Waals surface area contributed by atoms with Gasteiger partial charge in [0, 0.05) is 13.0 Å². The molecular formula is C22H24N6O5. The zero-order valence-corrected chi connectivity index (χ0v) is 17.7. The van der Waals surface area contributed by atoms with Crippen molar-refractivity contribution >= 4 is 28.8 Å². The molecule has 0 aliphatic rings. The highest BCUT2D eigenvalue weighted by molar-refractivity contribution is 5.86.